The van der Waals surface area contributed by atoms with Crippen molar-refractivity contribution < 1.29 is 18.0 Å². The number of sulfonamides is 1. The Bertz CT molecular complexity index is 857. The van der Waals surface area contributed by atoms with Crippen LogP contribution in [-0.4, -0.2) is 43.7 Å². The molecule has 0 aromatic heterocycles. The summed E-state index contributed by atoms with van der Waals surface area (Å²) in [6.45, 7) is 4.30. The van der Waals surface area contributed by atoms with Crippen LogP contribution in [-0.2, 0) is 19.6 Å². The molecule has 1 aromatic carbocycles. The lowest BCUT2D eigenvalue weighted by atomic mass is 9.97. The lowest BCUT2D eigenvalue weighted by Gasteiger charge is -2.26. The number of piperidine rings is 1. The molecular formula is C21H31N3O4S. The van der Waals surface area contributed by atoms with Gasteiger partial charge in [-0.2, -0.15) is 4.31 Å². The van der Waals surface area contributed by atoms with E-state index in [1.54, 1.807) is 12.1 Å². The monoisotopic (exact) mass is 421 g/mol. The fraction of sp³-hybridized carbons (Fsp3) is 0.619. The van der Waals surface area contributed by atoms with Crippen molar-refractivity contribution in [1.29, 1.82) is 0 Å². The zero-order valence-electron chi connectivity index (χ0n) is 17.2. The first-order chi connectivity index (χ1) is 13.8. The number of nitrogens with one attached hydrogen (secondary N) is 2. The molecule has 2 amide bonds. The largest absolute Gasteiger partial charge is 0.344 e. The Morgan fingerprint density at radius 3 is 2.34 bits per heavy atom. The minimum absolute atomic E-state index is 0.111. The number of anilines is 1. The Morgan fingerprint density at radius 1 is 1.07 bits per heavy atom. The molecule has 0 spiro atoms. The van der Waals surface area contributed by atoms with E-state index >= 15 is 0 Å². The van der Waals surface area contributed by atoms with Crippen molar-refractivity contribution in [2.24, 2.45) is 5.92 Å². The highest BCUT2D eigenvalue weighted by atomic mass is 32.2. The molecule has 0 bridgehead atoms. The lowest BCUT2D eigenvalue weighted by molar-refractivity contribution is -0.126. The van der Waals surface area contributed by atoms with Gasteiger partial charge in [-0.25, -0.2) is 8.42 Å². The fourth-order valence-corrected chi connectivity index (χ4v) is 5.81. The molecule has 7 nitrogen and oxygen atoms in total. The predicted molar refractivity (Wildman–Crippen MR) is 112 cm³/mol. The van der Waals surface area contributed by atoms with Crippen LogP contribution >= 0.6 is 0 Å². The summed E-state index contributed by atoms with van der Waals surface area (Å²) in [5, 5.41) is 5.65. The van der Waals surface area contributed by atoms with Crippen LogP contribution in [0.3, 0.4) is 0 Å². The van der Waals surface area contributed by atoms with Gasteiger partial charge in [-0.05, 0) is 56.2 Å². The molecule has 2 aliphatic rings. The number of carbonyl (C=O) groups is 2. The van der Waals surface area contributed by atoms with Crippen molar-refractivity contribution >= 4 is 27.5 Å². The van der Waals surface area contributed by atoms with E-state index < -0.39 is 16.1 Å². The molecular weight excluding hydrogens is 390 g/mol. The van der Waals surface area contributed by atoms with Crippen LogP contribution in [0.5, 0.6) is 0 Å². The van der Waals surface area contributed by atoms with E-state index in [1.165, 1.54) is 17.3 Å². The van der Waals surface area contributed by atoms with Gasteiger partial charge in [0.2, 0.25) is 21.8 Å². The van der Waals surface area contributed by atoms with Crippen LogP contribution < -0.4 is 10.6 Å². The van der Waals surface area contributed by atoms with Crippen LogP contribution in [0.15, 0.2) is 23.1 Å². The van der Waals surface area contributed by atoms with Gasteiger partial charge in [-0.15, -0.1) is 0 Å². The predicted octanol–water partition coefficient (Wildman–Crippen LogP) is 2.80. The SMILES string of the molecule is CC(=O)N[C@@H](C(=O)Nc1cc(S(=O)(=O)N2CCCCC2)ccc1C)C1CCCC1. The van der Waals surface area contributed by atoms with Gasteiger partial charge in [-0.3, -0.25) is 9.59 Å². The van der Waals surface area contributed by atoms with Gasteiger partial charge in [0.05, 0.1) is 4.90 Å². The Morgan fingerprint density at radius 2 is 1.72 bits per heavy atom. The number of amides is 2. The average Bonchev–Trinajstić information content (AvgIpc) is 3.22. The molecule has 1 saturated carbocycles. The van der Waals surface area contributed by atoms with Crippen molar-refractivity contribution in [2.45, 2.75) is 69.7 Å². The molecule has 2 fully saturated rings. The second kappa shape index (κ2) is 9.26. The van der Waals surface area contributed by atoms with Gasteiger partial charge in [-0.1, -0.05) is 25.3 Å². The lowest BCUT2D eigenvalue weighted by Crippen LogP contribution is -2.47. The van der Waals surface area contributed by atoms with Gasteiger partial charge in [0.15, 0.2) is 0 Å². The number of hydrogen-bond acceptors (Lipinski definition) is 4. The third kappa shape index (κ3) is 5.17. The van der Waals surface area contributed by atoms with Crippen LogP contribution in [0.2, 0.25) is 0 Å². The number of nitrogens with zero attached hydrogens (tertiary/aromatic N) is 1. The minimum Gasteiger partial charge on any atom is -0.344 e. The highest BCUT2D eigenvalue weighted by Gasteiger charge is 2.32. The molecule has 1 heterocycles. The van der Waals surface area contributed by atoms with Crippen LogP contribution in [0.1, 0.15) is 57.4 Å². The van der Waals surface area contributed by atoms with E-state index in [9.17, 15) is 18.0 Å². The van der Waals surface area contributed by atoms with Crippen molar-refractivity contribution in [3.8, 4) is 0 Å². The van der Waals surface area contributed by atoms with Gasteiger partial charge < -0.3 is 10.6 Å². The second-order valence-electron chi connectivity index (χ2n) is 8.15. The third-order valence-electron chi connectivity index (χ3n) is 5.93. The van der Waals surface area contributed by atoms with E-state index in [-0.39, 0.29) is 22.6 Å². The second-order valence-corrected chi connectivity index (χ2v) is 10.1. The van der Waals surface area contributed by atoms with Crippen molar-refractivity contribution in [2.75, 3.05) is 18.4 Å². The fourth-order valence-electron chi connectivity index (χ4n) is 4.27. The molecule has 1 atom stereocenters. The normalized spacial score (nSPS) is 19.7. The number of rotatable bonds is 6. The average molecular weight is 422 g/mol. The van der Waals surface area contributed by atoms with Gasteiger partial charge in [0.25, 0.3) is 0 Å². The highest BCUT2D eigenvalue weighted by Crippen LogP contribution is 2.29. The summed E-state index contributed by atoms with van der Waals surface area (Å²) in [5.41, 5.74) is 1.25. The molecule has 0 unspecified atom stereocenters. The quantitative estimate of drug-likeness (QED) is 0.738. The van der Waals surface area contributed by atoms with Gasteiger partial charge in [0.1, 0.15) is 6.04 Å². The smallest absolute Gasteiger partial charge is 0.247 e. The van der Waals surface area contributed by atoms with Crippen molar-refractivity contribution in [3.05, 3.63) is 23.8 Å². The highest BCUT2D eigenvalue weighted by molar-refractivity contribution is 7.89. The number of aryl methyl sites for hydroxylation is 1. The Hall–Kier alpha value is -1.93. The number of hydrogen-bond donors (Lipinski definition) is 2. The van der Waals surface area contributed by atoms with Gasteiger partial charge in [0, 0.05) is 25.7 Å². The molecule has 0 radical (unpaired) electrons. The van der Waals surface area contributed by atoms with Crippen molar-refractivity contribution in [3.63, 3.8) is 0 Å². The number of carbonyl (C=O) groups excluding carboxylic acids is 2. The van der Waals surface area contributed by atoms with Crippen molar-refractivity contribution in [1.82, 2.24) is 9.62 Å². The molecule has 29 heavy (non-hydrogen) atoms. The molecule has 1 aliphatic heterocycles. The zero-order chi connectivity index (χ0) is 21.0. The summed E-state index contributed by atoms with van der Waals surface area (Å²) >= 11 is 0. The summed E-state index contributed by atoms with van der Waals surface area (Å²) < 4.78 is 27.5. The summed E-state index contributed by atoms with van der Waals surface area (Å²) in [4.78, 5) is 24.8. The first kappa shape index (κ1) is 21.8. The molecule has 1 saturated heterocycles. The topological polar surface area (TPSA) is 95.6 Å². The minimum atomic E-state index is -3.58. The summed E-state index contributed by atoms with van der Waals surface area (Å²) in [6, 6.07) is 4.25. The molecule has 1 aliphatic carbocycles. The molecule has 160 valence electrons. The van der Waals surface area contributed by atoms with E-state index in [2.05, 4.69) is 10.6 Å². The van der Waals surface area contributed by atoms with E-state index in [0.717, 1.165) is 50.5 Å². The standard InChI is InChI=1S/C21H31N3O4S/c1-15-10-11-18(29(27,28)24-12-6-3-7-13-24)14-19(15)23-21(26)20(22-16(2)25)17-8-4-5-9-17/h10-11,14,17,20H,3-9,12-13H2,1-2H3,(H,22,25)(H,23,26)/t20-/m1/s1. The number of benzene rings is 1. The molecule has 3 rings (SSSR count). The van der Waals surface area contributed by atoms with Crippen LogP contribution in [0, 0.1) is 12.8 Å². The van der Waals surface area contributed by atoms with Crippen LogP contribution in [0.4, 0.5) is 5.69 Å². The maximum Gasteiger partial charge on any atom is 0.247 e. The summed E-state index contributed by atoms with van der Waals surface area (Å²) in [5.74, 6) is -0.419. The van der Waals surface area contributed by atoms with Gasteiger partial charge >= 0.3 is 0 Å². The van der Waals surface area contributed by atoms with E-state index in [0.29, 0.717) is 18.8 Å². The summed E-state index contributed by atoms with van der Waals surface area (Å²) in [7, 11) is -3.58. The van der Waals surface area contributed by atoms with Crippen LogP contribution in [0.25, 0.3) is 0 Å². The zero-order valence-corrected chi connectivity index (χ0v) is 18.1. The Labute approximate surface area is 173 Å². The van der Waals surface area contributed by atoms with E-state index in [4.69, 9.17) is 0 Å². The Balaban J connectivity index is 1.81. The molecule has 2 N–H and O–H groups in total. The molecule has 1 aromatic rings. The first-order valence-electron chi connectivity index (χ1n) is 10.5. The summed E-state index contributed by atoms with van der Waals surface area (Å²) in [6.07, 6.45) is 6.70. The maximum absolute atomic E-state index is 13.0. The first-order valence-corrected chi connectivity index (χ1v) is 11.9. The van der Waals surface area contributed by atoms with E-state index in [1.807, 2.05) is 6.92 Å². The Kier molecular flexibility index (Phi) is 6.95. The molecule has 8 heteroatoms. The third-order valence-corrected chi connectivity index (χ3v) is 7.83. The maximum atomic E-state index is 13.0.